The van der Waals surface area contributed by atoms with Gasteiger partial charge in [-0.2, -0.15) is 0 Å². The smallest absolute Gasteiger partial charge is 0.156 e. The highest BCUT2D eigenvalue weighted by Gasteiger charge is 2.14. The monoisotopic (exact) mass is 547 g/mol. The molecule has 1 aromatic heterocycles. The van der Waals surface area contributed by atoms with Crippen molar-refractivity contribution in [3.8, 4) is 11.4 Å². The Kier molecular flexibility index (Phi) is 5.38. The molecule has 0 aliphatic rings. The highest BCUT2D eigenvalue weighted by atomic mass is 127. The van der Waals surface area contributed by atoms with Crippen molar-refractivity contribution in [2.24, 2.45) is 0 Å². The van der Waals surface area contributed by atoms with E-state index >= 15 is 0 Å². The number of nitrogens with zero attached hydrogens (tertiary/aromatic N) is 3. The minimum Gasteiger partial charge on any atom is -0.505 e. The van der Waals surface area contributed by atoms with Crippen molar-refractivity contribution in [2.45, 2.75) is 26.2 Å². The van der Waals surface area contributed by atoms with Crippen LogP contribution in [0.2, 0.25) is 0 Å². The summed E-state index contributed by atoms with van der Waals surface area (Å²) in [4.78, 5) is 13.0. The van der Waals surface area contributed by atoms with E-state index in [4.69, 9.17) is 0 Å². The van der Waals surface area contributed by atoms with E-state index in [0.717, 1.165) is 23.7 Å². The van der Waals surface area contributed by atoms with Gasteiger partial charge in [-0.1, -0.05) is 6.92 Å². The van der Waals surface area contributed by atoms with Crippen LogP contribution in [0.4, 0.5) is 0 Å². The molecule has 0 saturated heterocycles. The molecule has 0 bridgehead atoms. The molecule has 1 N–H and O–H groups in total. The lowest BCUT2D eigenvalue weighted by atomic mass is 10.1. The van der Waals surface area contributed by atoms with Crippen LogP contribution in [-0.2, 0) is 11.2 Å². The predicted molar refractivity (Wildman–Crippen MR) is 110 cm³/mol. The summed E-state index contributed by atoms with van der Waals surface area (Å²) < 4.78 is 1.80. The molecular formula is C17H15I2N3O2. The highest BCUT2D eigenvalue weighted by molar-refractivity contribution is 14.1. The number of halogens is 2. The van der Waals surface area contributed by atoms with Gasteiger partial charge in [0.15, 0.2) is 5.75 Å². The second kappa shape index (κ2) is 7.34. The number of phenols is 1. The highest BCUT2D eigenvalue weighted by Crippen LogP contribution is 2.30. The lowest BCUT2D eigenvalue weighted by molar-refractivity contribution is -0.118. The maximum absolute atomic E-state index is 11.6. The summed E-state index contributed by atoms with van der Waals surface area (Å²) in [5, 5.41) is 19.3. The molecule has 24 heavy (non-hydrogen) atoms. The molecule has 7 heteroatoms. The fourth-order valence-electron chi connectivity index (χ4n) is 2.39. The molecule has 2 aromatic carbocycles. The first-order valence-electron chi connectivity index (χ1n) is 7.54. The van der Waals surface area contributed by atoms with Gasteiger partial charge in [0.2, 0.25) is 0 Å². The molecule has 3 aromatic rings. The van der Waals surface area contributed by atoms with Gasteiger partial charge in [0, 0.05) is 16.4 Å². The maximum Gasteiger partial charge on any atom is 0.156 e. The Balaban J connectivity index is 2.01. The number of hydrogen-bond acceptors (Lipinski definition) is 4. The first kappa shape index (κ1) is 17.6. The first-order chi connectivity index (χ1) is 11.5. The molecule has 124 valence electrons. The SMILES string of the molecule is CCC(=O)CCc1cc(I)c(O)c(-n2nc3ccc(I)cc3n2)c1. The Morgan fingerprint density at radius 2 is 1.92 bits per heavy atom. The third kappa shape index (κ3) is 3.71. The third-order valence-corrected chi connectivity index (χ3v) is 5.24. The van der Waals surface area contributed by atoms with Crippen LogP contribution in [0.1, 0.15) is 25.3 Å². The Labute approximate surface area is 166 Å². The molecule has 0 aliphatic heterocycles. The molecule has 0 spiro atoms. The Bertz CT molecular complexity index is 922. The van der Waals surface area contributed by atoms with E-state index in [0.29, 0.717) is 24.9 Å². The summed E-state index contributed by atoms with van der Waals surface area (Å²) >= 11 is 4.32. The Morgan fingerprint density at radius 1 is 1.17 bits per heavy atom. The molecule has 0 unspecified atom stereocenters. The van der Waals surface area contributed by atoms with Crippen LogP contribution >= 0.6 is 45.2 Å². The van der Waals surface area contributed by atoms with E-state index in [-0.39, 0.29) is 11.5 Å². The van der Waals surface area contributed by atoms with Crippen molar-refractivity contribution in [1.82, 2.24) is 15.0 Å². The number of phenolic OH excluding ortho intramolecular Hbond substituents is 1. The molecule has 0 atom stereocenters. The summed E-state index contributed by atoms with van der Waals surface area (Å²) in [5.41, 5.74) is 3.08. The molecule has 3 rings (SSSR count). The van der Waals surface area contributed by atoms with Gasteiger partial charge in [0.25, 0.3) is 0 Å². The van der Waals surface area contributed by atoms with Crippen molar-refractivity contribution < 1.29 is 9.90 Å². The van der Waals surface area contributed by atoms with E-state index in [1.807, 2.05) is 37.3 Å². The summed E-state index contributed by atoms with van der Waals surface area (Å²) in [6.07, 6.45) is 1.70. The zero-order valence-corrected chi connectivity index (χ0v) is 17.3. The van der Waals surface area contributed by atoms with Crippen LogP contribution in [0.15, 0.2) is 30.3 Å². The molecule has 0 aliphatic carbocycles. The number of carbonyl (C=O) groups excluding carboxylic acids is 1. The van der Waals surface area contributed by atoms with Gasteiger partial charge in [0.1, 0.15) is 22.5 Å². The van der Waals surface area contributed by atoms with Gasteiger partial charge in [-0.25, -0.2) is 0 Å². The maximum atomic E-state index is 11.6. The molecule has 1 heterocycles. The van der Waals surface area contributed by atoms with Gasteiger partial charge in [-0.05, 0) is 87.5 Å². The predicted octanol–water partition coefficient (Wildman–Crippen LogP) is 4.25. The van der Waals surface area contributed by atoms with E-state index in [1.165, 1.54) is 4.80 Å². The average molecular weight is 547 g/mol. The zero-order chi connectivity index (χ0) is 17.3. The molecular weight excluding hydrogens is 532 g/mol. The minimum atomic E-state index is 0.149. The Hall–Kier alpha value is -1.23. The number of Topliss-reactive ketones (excluding diaryl/α,β-unsaturated/α-hetero) is 1. The summed E-state index contributed by atoms with van der Waals surface area (Å²) in [6.45, 7) is 1.87. The number of aromatic nitrogens is 3. The van der Waals surface area contributed by atoms with Crippen molar-refractivity contribution in [3.05, 3.63) is 43.0 Å². The molecule has 0 fully saturated rings. The van der Waals surface area contributed by atoms with Crippen LogP contribution in [-0.4, -0.2) is 25.9 Å². The van der Waals surface area contributed by atoms with E-state index in [2.05, 4.69) is 55.4 Å². The number of carbonyl (C=O) groups is 1. The molecule has 0 saturated carbocycles. The van der Waals surface area contributed by atoms with Crippen molar-refractivity contribution in [1.29, 1.82) is 0 Å². The molecule has 0 amide bonds. The number of hydrogen-bond donors (Lipinski definition) is 1. The van der Waals surface area contributed by atoms with E-state index in [9.17, 15) is 9.90 Å². The van der Waals surface area contributed by atoms with Crippen LogP contribution in [0.3, 0.4) is 0 Å². The lowest BCUT2D eigenvalue weighted by Crippen LogP contribution is -2.03. The van der Waals surface area contributed by atoms with E-state index in [1.54, 1.807) is 0 Å². The fourth-order valence-corrected chi connectivity index (χ4v) is 3.54. The number of benzene rings is 2. The number of ketones is 1. The topological polar surface area (TPSA) is 68.0 Å². The van der Waals surface area contributed by atoms with Crippen molar-refractivity contribution in [2.75, 3.05) is 0 Å². The van der Waals surface area contributed by atoms with Gasteiger partial charge in [-0.3, -0.25) is 4.79 Å². The summed E-state index contributed by atoms with van der Waals surface area (Å²) in [7, 11) is 0. The zero-order valence-electron chi connectivity index (χ0n) is 13.0. The number of aryl methyl sites for hydroxylation is 1. The largest absolute Gasteiger partial charge is 0.505 e. The first-order valence-corrected chi connectivity index (χ1v) is 9.69. The van der Waals surface area contributed by atoms with Gasteiger partial charge in [-0.15, -0.1) is 15.0 Å². The number of rotatable bonds is 5. The van der Waals surface area contributed by atoms with Gasteiger partial charge >= 0.3 is 0 Å². The summed E-state index contributed by atoms with van der Waals surface area (Å²) in [6, 6.07) is 9.58. The van der Waals surface area contributed by atoms with Crippen LogP contribution < -0.4 is 0 Å². The fraction of sp³-hybridized carbons (Fsp3) is 0.235. The molecule has 0 radical (unpaired) electrons. The summed E-state index contributed by atoms with van der Waals surface area (Å²) in [5.74, 6) is 0.383. The standard InChI is InChI=1S/C17H15I2N3O2/c1-2-12(23)5-3-10-7-13(19)17(24)16(8-10)22-20-14-6-4-11(18)9-15(14)21-22/h4,6-9,24H,2-3,5H2,1H3. The van der Waals surface area contributed by atoms with E-state index < -0.39 is 0 Å². The number of fused-ring (bicyclic) bond motifs is 1. The Morgan fingerprint density at radius 3 is 2.67 bits per heavy atom. The van der Waals surface area contributed by atoms with Crippen molar-refractivity contribution >= 4 is 62.0 Å². The second-order valence-electron chi connectivity index (χ2n) is 5.46. The van der Waals surface area contributed by atoms with Crippen LogP contribution in [0.25, 0.3) is 16.7 Å². The molecule has 5 nitrogen and oxygen atoms in total. The van der Waals surface area contributed by atoms with Crippen molar-refractivity contribution in [3.63, 3.8) is 0 Å². The quantitative estimate of drug-likeness (QED) is 0.486. The number of aromatic hydroxyl groups is 1. The van der Waals surface area contributed by atoms with Gasteiger partial charge in [0.05, 0.1) is 3.57 Å². The normalized spacial score (nSPS) is 11.1. The van der Waals surface area contributed by atoms with Crippen LogP contribution in [0, 0.1) is 7.14 Å². The third-order valence-electron chi connectivity index (χ3n) is 3.75. The lowest BCUT2D eigenvalue weighted by Gasteiger charge is -2.09. The minimum absolute atomic E-state index is 0.149. The second-order valence-corrected chi connectivity index (χ2v) is 7.87. The average Bonchev–Trinajstić information content (AvgIpc) is 2.98. The van der Waals surface area contributed by atoms with Crippen LogP contribution in [0.5, 0.6) is 5.75 Å². The van der Waals surface area contributed by atoms with Gasteiger partial charge < -0.3 is 5.11 Å².